The minimum absolute atomic E-state index is 0. The van der Waals surface area contributed by atoms with Crippen molar-refractivity contribution < 1.29 is 56.3 Å². The number of imidazole rings is 1. The van der Waals surface area contributed by atoms with Crippen molar-refractivity contribution in [3.63, 3.8) is 0 Å². The van der Waals surface area contributed by atoms with Gasteiger partial charge in [0.15, 0.2) is 11.5 Å². The predicted molar refractivity (Wildman–Crippen MR) is 120 cm³/mol. The van der Waals surface area contributed by atoms with E-state index in [-0.39, 0.29) is 41.8 Å². The standard InChI is InChI=1S/C12H17N6O12P3.4H3N/c1-12(4-13)8(19)7(3-27-32(23,24)30-33(25,26)29-31(20,21)22)28-9(12)6-2-15-11-10(14)16-5-17-18(6)11;;;;/h2,5,7-9,19H,3H2,1H3,(H,23,24)(H,25,26)(H2,14,16,17)(H2,20,21,22);4*1H3/p+1/t7-,8-,9+,12-;;;;/m1..../s1. The van der Waals surface area contributed by atoms with Gasteiger partial charge in [-0.2, -0.15) is 10.4 Å². The van der Waals surface area contributed by atoms with Crippen LogP contribution >= 0.6 is 23.5 Å². The van der Waals surface area contributed by atoms with E-state index in [1.54, 1.807) is 0 Å². The van der Waals surface area contributed by atoms with Crippen LogP contribution in [-0.2, 0) is 31.6 Å². The number of nitrogens with two attached hydrogens (primary N) is 1. The number of ether oxygens (including phenoxy) is 1. The van der Waals surface area contributed by atoms with E-state index in [4.69, 9.17) is 15.4 Å². The molecule has 3 rings (SSSR count). The van der Waals surface area contributed by atoms with Gasteiger partial charge in [0.2, 0.25) is 0 Å². The van der Waals surface area contributed by atoms with Crippen LogP contribution in [0.3, 0.4) is 0 Å². The molecule has 0 saturated carbocycles. The van der Waals surface area contributed by atoms with Crippen molar-refractivity contribution in [2.75, 3.05) is 12.3 Å². The molecule has 3 heterocycles. The van der Waals surface area contributed by atoms with Crippen molar-refractivity contribution in [1.82, 2.24) is 44.2 Å². The van der Waals surface area contributed by atoms with Crippen LogP contribution in [0.25, 0.3) is 5.65 Å². The minimum atomic E-state index is -6.10. The molecule has 2 aromatic heterocycles. The first-order valence-corrected chi connectivity index (χ1v) is 12.9. The topological polar surface area (TPSA) is 437 Å². The Hall–Kier alpha value is -1.99. The van der Waals surface area contributed by atoms with Crippen molar-refractivity contribution in [2.24, 2.45) is 5.41 Å². The second kappa shape index (κ2) is 12.7. The van der Waals surface area contributed by atoms with Crippen LogP contribution in [-0.4, -0.2) is 48.4 Å². The molecule has 1 fully saturated rings. The number of hydrogen-bond acceptors (Lipinski definition) is 16. The first-order valence-electron chi connectivity index (χ1n) is 8.50. The molecule has 20 N–H and O–H groups in total. The lowest BCUT2D eigenvalue weighted by Gasteiger charge is -2.33. The zero-order chi connectivity index (χ0) is 24.8. The molecule has 1 aliphatic heterocycles. The quantitative estimate of drug-likeness (QED) is 0.179. The van der Waals surface area contributed by atoms with Crippen molar-refractivity contribution >= 4 is 34.9 Å². The second-order valence-electron chi connectivity index (χ2n) is 6.78. The van der Waals surface area contributed by atoms with E-state index in [1.807, 2.05) is 6.07 Å². The van der Waals surface area contributed by atoms with Gasteiger partial charge in [-0.3, -0.25) is 13.7 Å². The Morgan fingerprint density at radius 3 is 2.32 bits per heavy atom. The molecule has 1 saturated heterocycles. The number of hydrogen-bond donors (Lipinski definition) is 7. The van der Waals surface area contributed by atoms with E-state index in [1.165, 1.54) is 17.6 Å². The Morgan fingerprint density at radius 2 is 1.78 bits per heavy atom. The Kier molecular flexibility index (Phi) is 12.8. The Labute approximate surface area is 208 Å². The van der Waals surface area contributed by atoms with Gasteiger partial charge in [-0.05, 0) is 6.92 Å². The number of anilines is 1. The van der Waals surface area contributed by atoms with Crippen molar-refractivity contribution in [2.45, 2.75) is 25.2 Å². The van der Waals surface area contributed by atoms with Gasteiger partial charge in [0, 0.05) is 0 Å². The molecule has 25 heteroatoms. The zero-order valence-corrected chi connectivity index (χ0v) is 22.9. The number of aromatic nitrogens is 4. The number of aliphatic hydroxyl groups is 1. The summed E-state index contributed by atoms with van der Waals surface area (Å²) in [7, 11) is -17.8. The Morgan fingerprint density at radius 1 is 1.19 bits per heavy atom. The first kappa shape index (κ1) is 37.2. The largest absolute Gasteiger partial charge is 0.756 e. The summed E-state index contributed by atoms with van der Waals surface area (Å²) in [4.78, 5) is 49.7. The van der Waals surface area contributed by atoms with E-state index in [2.05, 4.69) is 28.2 Å². The van der Waals surface area contributed by atoms with Gasteiger partial charge in [-0.1, -0.05) is 0 Å². The molecule has 0 aromatic carbocycles. The molecule has 214 valence electrons. The van der Waals surface area contributed by atoms with Gasteiger partial charge in [0.05, 0.1) is 24.6 Å². The van der Waals surface area contributed by atoms with Gasteiger partial charge in [0.25, 0.3) is 23.5 Å². The lowest BCUT2D eigenvalue weighted by molar-refractivity contribution is -0.250. The Balaban J connectivity index is 0. The number of quaternary nitrogens is 4. The molecule has 0 amide bonds. The van der Waals surface area contributed by atoms with E-state index < -0.39 is 53.8 Å². The summed E-state index contributed by atoms with van der Waals surface area (Å²) in [6.45, 7) is 0.240. The predicted octanol–water partition coefficient (Wildman–Crippen LogP) is -1.01. The van der Waals surface area contributed by atoms with E-state index >= 15 is 0 Å². The van der Waals surface area contributed by atoms with Gasteiger partial charge in [-0.25, -0.2) is 23.1 Å². The molecule has 0 aliphatic carbocycles. The van der Waals surface area contributed by atoms with Crippen molar-refractivity contribution in [3.05, 3.63) is 18.2 Å². The summed E-state index contributed by atoms with van der Waals surface area (Å²) in [5, 5.41) is 24.2. The average Bonchev–Trinajstić information content (AvgIpc) is 3.18. The number of nitrogen functional groups attached to an aromatic ring is 1. The van der Waals surface area contributed by atoms with Crippen molar-refractivity contribution in [1.29, 1.82) is 5.26 Å². The number of phosphoric acid groups is 3. The van der Waals surface area contributed by atoms with E-state index in [0.717, 1.165) is 6.33 Å². The van der Waals surface area contributed by atoms with Crippen LogP contribution < -0.4 is 45.0 Å². The summed E-state index contributed by atoms with van der Waals surface area (Å²) >= 11 is 0. The van der Waals surface area contributed by atoms with Gasteiger partial charge in [-0.15, -0.1) is 0 Å². The fourth-order valence-electron chi connectivity index (χ4n) is 3.05. The first-order chi connectivity index (χ1) is 15.1. The number of fused-ring (bicyclic) bond motifs is 1. The fourth-order valence-corrected chi connectivity index (χ4v) is 5.94. The summed E-state index contributed by atoms with van der Waals surface area (Å²) in [6, 6.07) is 1.87. The third kappa shape index (κ3) is 8.00. The van der Waals surface area contributed by atoms with Crippen LogP contribution in [0.5, 0.6) is 0 Å². The lowest BCUT2D eigenvalue weighted by Crippen LogP contribution is -2.37. The number of nitriles is 1. The van der Waals surface area contributed by atoms with Gasteiger partial charge < -0.3 is 64.3 Å². The zero-order valence-electron chi connectivity index (χ0n) is 20.2. The normalized spacial score (nSPS) is 27.5. The maximum Gasteiger partial charge on any atom is 0.280 e. The van der Waals surface area contributed by atoms with Crippen LogP contribution in [0, 0.1) is 16.7 Å². The summed E-state index contributed by atoms with van der Waals surface area (Å²) in [6.07, 6.45) is -2.08. The molecule has 3 unspecified atom stereocenters. The highest BCUT2D eigenvalue weighted by atomic mass is 31.3. The summed E-state index contributed by atoms with van der Waals surface area (Å²) in [5.74, 6) is 0.00699. The molecule has 2 aromatic rings. The molecule has 37 heavy (non-hydrogen) atoms. The molecule has 7 atom stereocenters. The molecular weight excluding hydrogens is 569 g/mol. The van der Waals surface area contributed by atoms with Crippen LogP contribution in [0.15, 0.2) is 12.5 Å². The SMILES string of the molecule is C[C@@]1(C#N)[C@H](O)[C@@H](COP(=O)([O-])OP(=O)([O-])OP(=O)([O-])O)O[C@H]1c1cnc2c(N)ncnn12.[NH4+].[NH4+].[NH4+].[NH4+]. The maximum absolute atomic E-state index is 11.8. The van der Waals surface area contributed by atoms with Gasteiger partial charge in [0.1, 0.15) is 30.1 Å². The smallest absolute Gasteiger partial charge is 0.280 e. The molecular formula is C12H30N10O12P3+. The molecule has 0 bridgehead atoms. The minimum Gasteiger partial charge on any atom is -0.756 e. The molecule has 22 nitrogen and oxygen atoms in total. The van der Waals surface area contributed by atoms with Crippen LogP contribution in [0.2, 0.25) is 0 Å². The maximum atomic E-state index is 11.8. The summed E-state index contributed by atoms with van der Waals surface area (Å²) < 4.78 is 51.3. The Bertz CT molecular complexity index is 1250. The van der Waals surface area contributed by atoms with E-state index in [0.29, 0.717) is 0 Å². The summed E-state index contributed by atoms with van der Waals surface area (Å²) in [5.41, 5.74) is 4.28. The molecule has 0 spiro atoms. The van der Waals surface area contributed by atoms with Crippen LogP contribution in [0.1, 0.15) is 18.7 Å². The third-order valence-corrected chi connectivity index (χ3v) is 8.18. The number of rotatable bonds is 8. The van der Waals surface area contributed by atoms with Crippen molar-refractivity contribution in [3.8, 4) is 6.07 Å². The molecule has 1 aliphatic rings. The monoisotopic (exact) mass is 599 g/mol. The average molecular weight is 599 g/mol. The number of aliphatic hydroxyl groups excluding tert-OH is 1. The third-order valence-electron chi connectivity index (χ3n) is 4.49. The number of nitrogens with zero attached hydrogens (tertiary/aromatic N) is 5. The van der Waals surface area contributed by atoms with E-state index in [9.17, 15) is 38.7 Å². The van der Waals surface area contributed by atoms with Crippen LogP contribution in [0.4, 0.5) is 5.82 Å². The lowest BCUT2D eigenvalue weighted by atomic mass is 9.80. The highest BCUT2D eigenvalue weighted by Crippen LogP contribution is 2.61. The fraction of sp³-hybridized carbons (Fsp3) is 0.500. The highest BCUT2D eigenvalue weighted by Gasteiger charge is 2.55. The molecule has 0 radical (unpaired) electrons. The number of phosphoric ester groups is 1. The van der Waals surface area contributed by atoms with Gasteiger partial charge >= 0.3 is 0 Å². The highest BCUT2D eigenvalue weighted by molar-refractivity contribution is 7.65. The second-order valence-corrected chi connectivity index (χ2v) is 11.1.